The number of rotatable bonds is 9. The molecule has 2 aliphatic heterocycles. The highest BCUT2D eigenvalue weighted by Gasteiger charge is 2.44. The van der Waals surface area contributed by atoms with Gasteiger partial charge in [-0.05, 0) is 134 Å². The molecule has 0 saturated heterocycles. The van der Waals surface area contributed by atoms with Crippen LogP contribution in [0.5, 0.6) is 0 Å². The molecular weight excluding hydrogens is 904 g/mol. The van der Waals surface area contributed by atoms with Crippen molar-refractivity contribution in [2.24, 2.45) is 0 Å². The standard InChI is InChI=1S/C72H67BN2/c1-69(2,48-26-16-10-17-27-48)52-34-36-62-56(40-52)58-42-54(71(5,6)50-30-20-12-21-31-50)44-60-67(58)74(62)64-38-47(46-24-14-9-15-25-46)39-65-66(64)73(60)61-45-55(72(7,8)51-32-22-13-23-33-51)43-59-57-41-53(35-37-63(57)75(65)68(59)61)70(3,4)49-28-18-11-19-29-49/h10-13,16-23,26-46H,9,14-15,24-25H2,1-8H3. The van der Waals surface area contributed by atoms with Gasteiger partial charge in [0.05, 0.1) is 11.0 Å². The van der Waals surface area contributed by atoms with Crippen molar-refractivity contribution < 1.29 is 0 Å². The summed E-state index contributed by atoms with van der Waals surface area (Å²) in [5.41, 5.74) is 23.5. The smallest absolute Gasteiger partial charge is 0.252 e. The monoisotopic (exact) mass is 971 g/mol. The Bertz CT molecular complexity index is 3820. The first kappa shape index (κ1) is 46.2. The van der Waals surface area contributed by atoms with E-state index in [1.807, 2.05) is 0 Å². The van der Waals surface area contributed by atoms with Crippen molar-refractivity contribution in [2.45, 2.75) is 115 Å². The van der Waals surface area contributed by atoms with Crippen LogP contribution < -0.4 is 16.4 Å². The van der Waals surface area contributed by atoms with Gasteiger partial charge in [-0.3, -0.25) is 0 Å². The molecular formula is C72H67BN2. The molecule has 0 radical (unpaired) electrons. The van der Waals surface area contributed by atoms with Crippen LogP contribution in [0.15, 0.2) is 194 Å². The van der Waals surface area contributed by atoms with E-state index >= 15 is 0 Å². The van der Waals surface area contributed by atoms with Crippen LogP contribution in [-0.4, -0.2) is 15.8 Å². The molecule has 1 aliphatic carbocycles. The number of nitrogens with zero attached hydrogens (tertiary/aromatic N) is 2. The highest BCUT2D eigenvalue weighted by Crippen LogP contribution is 2.47. The van der Waals surface area contributed by atoms with E-state index in [2.05, 4.69) is 259 Å². The second kappa shape index (κ2) is 16.6. The molecule has 368 valence electrons. The summed E-state index contributed by atoms with van der Waals surface area (Å²) >= 11 is 0. The number of hydrogen-bond acceptors (Lipinski definition) is 0. The Morgan fingerprint density at radius 2 is 0.693 bits per heavy atom. The number of fused-ring (bicyclic) bond motifs is 10. The quantitative estimate of drug-likeness (QED) is 0.128. The molecule has 1 fully saturated rings. The SMILES string of the molecule is CC(C)(c1ccccc1)c1ccc2c(c1)c1cc(C(C)(C)c3ccccc3)cc3c1n2-c1cc(C2CCCCC2)cc2c1B3c1cc(C(C)(C)c3ccccc3)cc3c4cc(C(C)(C)c5ccccc5)ccc4n-2c13. The Hall–Kier alpha value is -7.36. The van der Waals surface area contributed by atoms with Crippen LogP contribution >= 0.6 is 0 Å². The Morgan fingerprint density at radius 3 is 1.07 bits per heavy atom. The first-order valence-corrected chi connectivity index (χ1v) is 27.9. The van der Waals surface area contributed by atoms with Gasteiger partial charge >= 0.3 is 0 Å². The number of hydrogen-bond donors (Lipinski definition) is 0. The van der Waals surface area contributed by atoms with Gasteiger partial charge in [-0.1, -0.05) is 220 Å². The van der Waals surface area contributed by atoms with Gasteiger partial charge in [-0.15, -0.1) is 0 Å². The minimum atomic E-state index is -0.271. The van der Waals surface area contributed by atoms with Crippen LogP contribution in [0.4, 0.5) is 0 Å². The van der Waals surface area contributed by atoms with Crippen LogP contribution in [-0.2, 0) is 21.7 Å². The maximum absolute atomic E-state index is 2.73. The summed E-state index contributed by atoms with van der Waals surface area (Å²) in [6, 6.07) is 75.3. The van der Waals surface area contributed by atoms with Crippen molar-refractivity contribution in [3.63, 3.8) is 0 Å². The topological polar surface area (TPSA) is 9.86 Å². The van der Waals surface area contributed by atoms with Gasteiger partial charge in [-0.25, -0.2) is 0 Å². The summed E-state index contributed by atoms with van der Waals surface area (Å²) in [4.78, 5) is 0. The van der Waals surface area contributed by atoms with Crippen LogP contribution in [0.25, 0.3) is 55.0 Å². The third-order valence-corrected chi connectivity index (χ3v) is 19.3. The molecule has 1 saturated carbocycles. The van der Waals surface area contributed by atoms with Gasteiger partial charge in [0.25, 0.3) is 6.71 Å². The van der Waals surface area contributed by atoms with Crippen LogP contribution in [0.2, 0.25) is 0 Å². The molecule has 0 spiro atoms. The maximum Gasteiger partial charge on any atom is 0.252 e. The molecule has 0 unspecified atom stereocenters. The van der Waals surface area contributed by atoms with Gasteiger partial charge in [-0.2, -0.15) is 0 Å². The molecule has 4 heterocycles. The van der Waals surface area contributed by atoms with E-state index in [1.54, 1.807) is 0 Å². The predicted molar refractivity (Wildman–Crippen MR) is 320 cm³/mol. The summed E-state index contributed by atoms with van der Waals surface area (Å²) in [5, 5.41) is 5.35. The fourth-order valence-electron chi connectivity index (χ4n) is 14.3. The molecule has 2 nitrogen and oxygen atoms in total. The van der Waals surface area contributed by atoms with Crippen molar-refractivity contribution in [1.82, 2.24) is 9.13 Å². The Balaban J connectivity index is 1.14. The van der Waals surface area contributed by atoms with Crippen molar-refractivity contribution >= 4 is 66.7 Å². The third kappa shape index (κ3) is 6.78. The van der Waals surface area contributed by atoms with E-state index < -0.39 is 0 Å². The summed E-state index contributed by atoms with van der Waals surface area (Å²) in [6.07, 6.45) is 6.39. The minimum absolute atomic E-state index is 0.00691. The van der Waals surface area contributed by atoms with Gasteiger partial charge in [0, 0.05) is 65.6 Å². The minimum Gasteiger partial charge on any atom is -0.310 e. The Morgan fingerprint density at radius 1 is 0.347 bits per heavy atom. The first-order chi connectivity index (χ1) is 36.2. The molecule has 0 N–H and O–H groups in total. The van der Waals surface area contributed by atoms with Crippen molar-refractivity contribution in [1.29, 1.82) is 0 Å². The summed E-state index contributed by atoms with van der Waals surface area (Å²) in [6.45, 7) is 19.3. The predicted octanol–water partition coefficient (Wildman–Crippen LogP) is 16.4. The fourth-order valence-corrected chi connectivity index (χ4v) is 14.3. The molecule has 0 amide bonds. The lowest BCUT2D eigenvalue weighted by Gasteiger charge is -2.37. The van der Waals surface area contributed by atoms with E-state index in [0.717, 1.165) is 0 Å². The van der Waals surface area contributed by atoms with E-state index in [1.165, 1.54) is 154 Å². The molecule has 9 aromatic carbocycles. The van der Waals surface area contributed by atoms with Crippen LogP contribution in [0.1, 0.15) is 143 Å². The second-order valence-corrected chi connectivity index (χ2v) is 24.8. The first-order valence-electron chi connectivity index (χ1n) is 27.9. The summed E-state index contributed by atoms with van der Waals surface area (Å²) < 4.78 is 5.46. The van der Waals surface area contributed by atoms with Gasteiger partial charge in [0.1, 0.15) is 0 Å². The fraction of sp³-hybridized carbons (Fsp3) is 0.250. The summed E-state index contributed by atoms with van der Waals surface area (Å²) in [7, 11) is 0. The molecule has 0 bridgehead atoms. The molecule has 11 aromatic rings. The molecule has 14 rings (SSSR count). The third-order valence-electron chi connectivity index (χ3n) is 19.3. The zero-order valence-corrected chi connectivity index (χ0v) is 45.1. The molecule has 3 heteroatoms. The highest BCUT2D eigenvalue weighted by atomic mass is 15.0. The highest BCUT2D eigenvalue weighted by molar-refractivity contribution is 7.00. The molecule has 0 atom stereocenters. The number of benzene rings is 9. The Labute approximate surface area is 444 Å². The largest absolute Gasteiger partial charge is 0.310 e. The Kier molecular flexibility index (Phi) is 10.2. The van der Waals surface area contributed by atoms with Crippen LogP contribution in [0.3, 0.4) is 0 Å². The normalized spacial score (nSPS) is 14.9. The van der Waals surface area contributed by atoms with E-state index in [-0.39, 0.29) is 28.4 Å². The average molecular weight is 971 g/mol. The van der Waals surface area contributed by atoms with Gasteiger partial charge < -0.3 is 9.13 Å². The van der Waals surface area contributed by atoms with E-state index in [4.69, 9.17) is 0 Å². The maximum atomic E-state index is 2.73. The second-order valence-electron chi connectivity index (χ2n) is 24.8. The van der Waals surface area contributed by atoms with Crippen LogP contribution in [0, 0.1) is 0 Å². The lowest BCUT2D eigenvalue weighted by Crippen LogP contribution is -2.60. The average Bonchev–Trinajstić information content (AvgIpc) is 4.22. The van der Waals surface area contributed by atoms with Crippen molar-refractivity contribution in [3.8, 4) is 11.4 Å². The van der Waals surface area contributed by atoms with E-state index in [0.29, 0.717) is 5.92 Å². The zero-order valence-electron chi connectivity index (χ0n) is 45.1. The molecule has 75 heavy (non-hydrogen) atoms. The lowest BCUT2D eigenvalue weighted by molar-refractivity contribution is 0.443. The van der Waals surface area contributed by atoms with Crippen molar-refractivity contribution in [2.75, 3.05) is 0 Å². The molecule has 3 aliphatic rings. The zero-order chi connectivity index (χ0) is 51.2. The summed E-state index contributed by atoms with van der Waals surface area (Å²) in [5.74, 6) is 0.524. The molecule has 2 aromatic heterocycles. The van der Waals surface area contributed by atoms with E-state index in [9.17, 15) is 0 Å². The number of aromatic nitrogens is 2. The lowest BCUT2D eigenvalue weighted by atomic mass is 9.33. The van der Waals surface area contributed by atoms with Gasteiger partial charge in [0.2, 0.25) is 0 Å². The van der Waals surface area contributed by atoms with Gasteiger partial charge in [0.15, 0.2) is 0 Å². The van der Waals surface area contributed by atoms with Crippen molar-refractivity contribution in [3.05, 3.63) is 244 Å².